The highest BCUT2D eigenvalue weighted by Gasteiger charge is 2.37. The van der Waals surface area contributed by atoms with Gasteiger partial charge in [0.2, 0.25) is 5.91 Å². The number of rotatable bonds is 3. The first-order chi connectivity index (χ1) is 9.82. The molecule has 1 saturated heterocycles. The molecular formula is C16H20BrNO3. The molecule has 1 aromatic carbocycles. The number of likely N-dealkylation sites (tertiary alicyclic amines) is 1. The van der Waals surface area contributed by atoms with Crippen LogP contribution in [-0.2, 0) is 15.0 Å². The van der Waals surface area contributed by atoms with Crippen LogP contribution in [0.2, 0.25) is 0 Å². The van der Waals surface area contributed by atoms with E-state index < -0.39 is 17.3 Å². The molecule has 1 N–H and O–H groups in total. The third-order valence-electron chi connectivity index (χ3n) is 4.16. The predicted octanol–water partition coefficient (Wildman–Crippen LogP) is 3.05. The number of aliphatic carboxylic acids is 1. The van der Waals surface area contributed by atoms with Gasteiger partial charge in [0.05, 0.1) is 11.3 Å². The van der Waals surface area contributed by atoms with Crippen LogP contribution >= 0.6 is 15.9 Å². The zero-order valence-electron chi connectivity index (χ0n) is 12.3. The molecule has 21 heavy (non-hydrogen) atoms. The van der Waals surface area contributed by atoms with E-state index in [1.54, 1.807) is 4.90 Å². The summed E-state index contributed by atoms with van der Waals surface area (Å²) in [6, 6.07) is 7.70. The Bertz CT molecular complexity index is 539. The molecule has 114 valence electrons. The van der Waals surface area contributed by atoms with E-state index in [4.69, 9.17) is 5.11 Å². The van der Waals surface area contributed by atoms with Gasteiger partial charge in [-0.3, -0.25) is 9.59 Å². The first kappa shape index (κ1) is 16.0. The summed E-state index contributed by atoms with van der Waals surface area (Å²) in [6.07, 6.45) is 1.40. The molecular weight excluding hydrogens is 334 g/mol. The van der Waals surface area contributed by atoms with Crippen molar-refractivity contribution in [3.8, 4) is 0 Å². The minimum Gasteiger partial charge on any atom is -0.481 e. The fourth-order valence-corrected chi connectivity index (χ4v) is 3.01. The Morgan fingerprint density at radius 2 is 1.90 bits per heavy atom. The summed E-state index contributed by atoms with van der Waals surface area (Å²) < 4.78 is 0.971. The van der Waals surface area contributed by atoms with Gasteiger partial charge in [-0.15, -0.1) is 0 Å². The van der Waals surface area contributed by atoms with Gasteiger partial charge in [-0.2, -0.15) is 0 Å². The van der Waals surface area contributed by atoms with Crippen molar-refractivity contribution in [1.82, 2.24) is 4.90 Å². The highest BCUT2D eigenvalue weighted by molar-refractivity contribution is 9.10. The van der Waals surface area contributed by atoms with Crippen molar-refractivity contribution in [1.29, 1.82) is 0 Å². The minimum atomic E-state index is -0.811. The van der Waals surface area contributed by atoms with Crippen LogP contribution < -0.4 is 0 Å². The van der Waals surface area contributed by atoms with Gasteiger partial charge < -0.3 is 10.0 Å². The maximum absolute atomic E-state index is 12.8. The topological polar surface area (TPSA) is 57.6 Å². The van der Waals surface area contributed by atoms with Gasteiger partial charge in [-0.25, -0.2) is 0 Å². The van der Waals surface area contributed by atoms with Crippen molar-refractivity contribution in [2.45, 2.75) is 32.1 Å². The Kier molecular flexibility index (Phi) is 4.71. The third-order valence-corrected chi connectivity index (χ3v) is 4.69. The number of carboxylic acid groups (broad SMARTS) is 1. The Hall–Kier alpha value is -1.36. The zero-order valence-corrected chi connectivity index (χ0v) is 13.9. The third kappa shape index (κ3) is 3.46. The van der Waals surface area contributed by atoms with Crippen LogP contribution in [0.5, 0.6) is 0 Å². The molecule has 5 heteroatoms. The highest BCUT2D eigenvalue weighted by Crippen LogP contribution is 2.29. The number of piperidine rings is 1. The average Bonchev–Trinajstić information content (AvgIpc) is 2.47. The van der Waals surface area contributed by atoms with Crippen LogP contribution in [0.25, 0.3) is 0 Å². The molecule has 1 unspecified atom stereocenters. The summed E-state index contributed by atoms with van der Waals surface area (Å²) >= 11 is 3.39. The number of carboxylic acids is 1. The normalized spacial score (nSPS) is 19.4. The fourth-order valence-electron chi connectivity index (χ4n) is 2.75. The van der Waals surface area contributed by atoms with E-state index in [9.17, 15) is 9.59 Å². The lowest BCUT2D eigenvalue weighted by atomic mass is 9.82. The Labute approximate surface area is 133 Å². The summed E-state index contributed by atoms with van der Waals surface area (Å²) in [5, 5.41) is 9.14. The quantitative estimate of drug-likeness (QED) is 0.908. The predicted molar refractivity (Wildman–Crippen MR) is 84.1 cm³/mol. The van der Waals surface area contributed by atoms with Crippen LogP contribution in [0.1, 0.15) is 32.3 Å². The number of hydrogen-bond donors (Lipinski definition) is 1. The van der Waals surface area contributed by atoms with Gasteiger partial charge in [0.15, 0.2) is 0 Å². The Morgan fingerprint density at radius 3 is 2.48 bits per heavy atom. The van der Waals surface area contributed by atoms with Crippen LogP contribution in [-0.4, -0.2) is 35.0 Å². The molecule has 1 aliphatic rings. The number of carbonyl (C=O) groups excluding carboxylic acids is 1. The molecule has 1 aliphatic heterocycles. The molecule has 0 bridgehead atoms. The summed E-state index contributed by atoms with van der Waals surface area (Å²) in [4.78, 5) is 25.6. The van der Waals surface area contributed by atoms with E-state index in [0.29, 0.717) is 19.5 Å². The Morgan fingerprint density at radius 1 is 1.29 bits per heavy atom. The number of nitrogens with zero attached hydrogens (tertiary/aromatic N) is 1. The molecule has 2 rings (SSSR count). The standard InChI is InChI=1S/C16H20BrNO3/c1-16(2,12-5-7-13(17)8-6-12)15(21)18-9-3-4-11(10-18)14(19)20/h5-8,11H,3-4,9-10H2,1-2H3,(H,19,20). The number of halogens is 1. The van der Waals surface area contributed by atoms with Crippen LogP contribution in [0.3, 0.4) is 0 Å². The van der Waals surface area contributed by atoms with E-state index in [1.165, 1.54) is 0 Å². The summed E-state index contributed by atoms with van der Waals surface area (Å²) in [6.45, 7) is 4.74. The van der Waals surface area contributed by atoms with Gasteiger partial charge >= 0.3 is 5.97 Å². The largest absolute Gasteiger partial charge is 0.481 e. The molecule has 1 heterocycles. The maximum atomic E-state index is 12.8. The number of hydrogen-bond acceptors (Lipinski definition) is 2. The molecule has 0 radical (unpaired) electrons. The van der Waals surface area contributed by atoms with E-state index in [0.717, 1.165) is 16.5 Å². The van der Waals surface area contributed by atoms with Crippen LogP contribution in [0.15, 0.2) is 28.7 Å². The second kappa shape index (κ2) is 6.18. The maximum Gasteiger partial charge on any atom is 0.308 e. The molecule has 0 spiro atoms. The number of benzene rings is 1. The van der Waals surface area contributed by atoms with E-state index in [2.05, 4.69) is 15.9 Å². The lowest BCUT2D eigenvalue weighted by Crippen LogP contribution is -2.49. The van der Waals surface area contributed by atoms with E-state index >= 15 is 0 Å². The monoisotopic (exact) mass is 353 g/mol. The zero-order chi connectivity index (χ0) is 15.6. The first-order valence-electron chi connectivity index (χ1n) is 7.10. The first-order valence-corrected chi connectivity index (χ1v) is 7.90. The van der Waals surface area contributed by atoms with Crippen molar-refractivity contribution in [3.05, 3.63) is 34.3 Å². The molecule has 0 aromatic heterocycles. The van der Waals surface area contributed by atoms with Crippen molar-refractivity contribution >= 4 is 27.8 Å². The van der Waals surface area contributed by atoms with Gasteiger partial charge in [-0.1, -0.05) is 28.1 Å². The van der Waals surface area contributed by atoms with Crippen molar-refractivity contribution < 1.29 is 14.7 Å². The lowest BCUT2D eigenvalue weighted by Gasteiger charge is -2.36. The van der Waals surface area contributed by atoms with Gasteiger partial charge in [0.25, 0.3) is 0 Å². The fraction of sp³-hybridized carbons (Fsp3) is 0.500. The molecule has 1 amide bonds. The summed E-state index contributed by atoms with van der Waals surface area (Å²) in [5.74, 6) is -1.26. The van der Waals surface area contributed by atoms with Gasteiger partial charge in [0.1, 0.15) is 0 Å². The van der Waals surface area contributed by atoms with E-state index in [1.807, 2.05) is 38.1 Å². The highest BCUT2D eigenvalue weighted by atomic mass is 79.9. The molecule has 4 nitrogen and oxygen atoms in total. The van der Waals surface area contributed by atoms with Crippen LogP contribution in [0.4, 0.5) is 0 Å². The SMILES string of the molecule is CC(C)(C(=O)N1CCCC(C(=O)O)C1)c1ccc(Br)cc1. The molecule has 1 atom stereocenters. The molecule has 0 saturated carbocycles. The van der Waals surface area contributed by atoms with Crippen molar-refractivity contribution in [2.24, 2.45) is 5.92 Å². The summed E-state index contributed by atoms with van der Waals surface area (Å²) in [5.41, 5.74) is 0.286. The Balaban J connectivity index is 2.17. The average molecular weight is 354 g/mol. The lowest BCUT2D eigenvalue weighted by molar-refractivity contribution is -0.147. The molecule has 0 aliphatic carbocycles. The van der Waals surface area contributed by atoms with E-state index in [-0.39, 0.29) is 5.91 Å². The smallest absolute Gasteiger partial charge is 0.308 e. The van der Waals surface area contributed by atoms with Crippen molar-refractivity contribution in [2.75, 3.05) is 13.1 Å². The van der Waals surface area contributed by atoms with Gasteiger partial charge in [0, 0.05) is 17.6 Å². The summed E-state index contributed by atoms with van der Waals surface area (Å²) in [7, 11) is 0. The minimum absolute atomic E-state index is 0.00391. The number of carbonyl (C=O) groups is 2. The van der Waals surface area contributed by atoms with Crippen molar-refractivity contribution in [3.63, 3.8) is 0 Å². The second-order valence-electron chi connectivity index (χ2n) is 6.06. The second-order valence-corrected chi connectivity index (χ2v) is 6.98. The van der Waals surface area contributed by atoms with Gasteiger partial charge in [-0.05, 0) is 44.4 Å². The molecule has 1 aromatic rings. The molecule has 1 fully saturated rings. The van der Waals surface area contributed by atoms with Crippen LogP contribution in [0, 0.1) is 5.92 Å². The number of amides is 1.